The average Bonchev–Trinajstić information content (AvgIpc) is 2.85. The Bertz CT molecular complexity index is 1030. The smallest absolute Gasteiger partial charge is 0.296 e. The molecule has 1 amide bonds. The van der Waals surface area contributed by atoms with Crippen molar-refractivity contribution in [3.63, 3.8) is 0 Å². The molecule has 0 aliphatic carbocycles. The van der Waals surface area contributed by atoms with Crippen LogP contribution in [0.25, 0.3) is 10.9 Å². The maximum Gasteiger partial charge on any atom is 0.296 e. The van der Waals surface area contributed by atoms with Gasteiger partial charge in [0.15, 0.2) is 5.69 Å². The van der Waals surface area contributed by atoms with Gasteiger partial charge >= 0.3 is 0 Å². The number of aromatic hydroxyl groups is 1. The second-order valence-corrected chi connectivity index (χ2v) is 6.23. The summed E-state index contributed by atoms with van der Waals surface area (Å²) in [6, 6.07) is 8.77. The number of carbonyl (C=O) groups excluding carboxylic acids is 1. The number of nitrogens with zero attached hydrogens (tertiary/aromatic N) is 4. The van der Waals surface area contributed by atoms with Gasteiger partial charge in [-0.1, -0.05) is 21.9 Å². The van der Waals surface area contributed by atoms with Crippen molar-refractivity contribution >= 4 is 38.4 Å². The van der Waals surface area contributed by atoms with Crippen molar-refractivity contribution in [2.24, 2.45) is 10.2 Å². The van der Waals surface area contributed by atoms with E-state index >= 15 is 0 Å². The molecule has 2 aromatic heterocycles. The third-order valence-electron chi connectivity index (χ3n) is 3.62. The molecular formula is C18H13BrN4O2. The van der Waals surface area contributed by atoms with Gasteiger partial charge in [-0.15, -0.1) is 16.7 Å². The Morgan fingerprint density at radius 3 is 2.88 bits per heavy atom. The fourth-order valence-electron chi connectivity index (χ4n) is 2.39. The lowest BCUT2D eigenvalue weighted by atomic mass is 10.2. The molecule has 0 aliphatic rings. The molecule has 3 aromatic rings. The molecule has 0 fully saturated rings. The number of hydrogen-bond donors (Lipinski definition) is 1. The highest BCUT2D eigenvalue weighted by molar-refractivity contribution is 9.10. The van der Waals surface area contributed by atoms with Gasteiger partial charge < -0.3 is 5.11 Å². The maximum atomic E-state index is 12.1. The van der Waals surface area contributed by atoms with Crippen molar-refractivity contribution in [2.75, 3.05) is 0 Å². The van der Waals surface area contributed by atoms with Crippen molar-refractivity contribution < 1.29 is 9.90 Å². The number of aromatic nitrogens is 2. The molecule has 25 heavy (non-hydrogen) atoms. The maximum absolute atomic E-state index is 12.1. The van der Waals surface area contributed by atoms with Crippen molar-refractivity contribution in [1.29, 1.82) is 0 Å². The van der Waals surface area contributed by atoms with Crippen LogP contribution in [-0.2, 0) is 6.54 Å². The van der Waals surface area contributed by atoms with Gasteiger partial charge in [0.25, 0.3) is 5.91 Å². The van der Waals surface area contributed by atoms with Crippen LogP contribution in [-0.4, -0.2) is 20.6 Å². The molecule has 7 heteroatoms. The minimum atomic E-state index is -0.542. The van der Waals surface area contributed by atoms with E-state index in [0.717, 1.165) is 10.2 Å². The van der Waals surface area contributed by atoms with Crippen LogP contribution in [0.15, 0.2) is 51.2 Å². The number of carbonyl (C=O) groups is 1. The van der Waals surface area contributed by atoms with Crippen LogP contribution in [0, 0.1) is 19.3 Å². The largest absolute Gasteiger partial charge is 0.493 e. The fraction of sp³-hybridized carbons (Fsp3) is 0.111. The molecule has 0 atom stereocenters. The lowest BCUT2D eigenvalue weighted by Gasteiger charge is -2.00. The Labute approximate surface area is 152 Å². The number of amides is 1. The summed E-state index contributed by atoms with van der Waals surface area (Å²) < 4.78 is 2.34. The van der Waals surface area contributed by atoms with E-state index < -0.39 is 5.91 Å². The highest BCUT2D eigenvalue weighted by Crippen LogP contribution is 2.40. The van der Waals surface area contributed by atoms with Crippen LogP contribution in [0.2, 0.25) is 0 Å². The molecule has 0 radical (unpaired) electrons. The van der Waals surface area contributed by atoms with E-state index in [-0.39, 0.29) is 18.1 Å². The summed E-state index contributed by atoms with van der Waals surface area (Å²) in [6.07, 6.45) is 6.80. The number of fused-ring (bicyclic) bond motifs is 1. The summed E-state index contributed by atoms with van der Waals surface area (Å²) in [4.78, 5) is 16.2. The topological polar surface area (TPSA) is 79.8 Å². The molecule has 1 aromatic carbocycles. The Morgan fingerprint density at radius 1 is 1.40 bits per heavy atom. The normalized spacial score (nSPS) is 11.1. The van der Waals surface area contributed by atoms with E-state index in [4.69, 9.17) is 6.42 Å². The summed E-state index contributed by atoms with van der Waals surface area (Å²) in [5.41, 5.74) is 2.02. The number of aryl methyl sites for hydroxylation is 1. The van der Waals surface area contributed by atoms with Gasteiger partial charge in [0, 0.05) is 21.7 Å². The van der Waals surface area contributed by atoms with Crippen molar-refractivity contribution in [1.82, 2.24) is 9.55 Å². The third kappa shape index (κ3) is 3.30. The van der Waals surface area contributed by atoms with Crippen LogP contribution in [0.1, 0.15) is 16.1 Å². The molecular weight excluding hydrogens is 384 g/mol. The first-order chi connectivity index (χ1) is 12.0. The number of benzene rings is 1. The van der Waals surface area contributed by atoms with E-state index in [0.29, 0.717) is 16.5 Å². The van der Waals surface area contributed by atoms with Gasteiger partial charge in [-0.3, -0.25) is 14.3 Å². The number of rotatable bonds is 3. The minimum absolute atomic E-state index is 0.135. The zero-order valence-corrected chi connectivity index (χ0v) is 14.9. The van der Waals surface area contributed by atoms with Gasteiger partial charge in [0.2, 0.25) is 5.88 Å². The summed E-state index contributed by atoms with van der Waals surface area (Å²) >= 11 is 3.38. The molecule has 124 valence electrons. The predicted octanol–water partition coefficient (Wildman–Crippen LogP) is 4.37. The standard InChI is InChI=1S/C18H13BrN4O2/c1-3-8-23-15-7-6-13(19)9-14(15)16(18(23)25)21-22-17(24)12-5-4-11(2)20-10-12/h1,4-7,9-10,25H,8H2,2H3. The summed E-state index contributed by atoms with van der Waals surface area (Å²) in [7, 11) is 0. The lowest BCUT2D eigenvalue weighted by Crippen LogP contribution is -1.95. The number of pyridine rings is 1. The van der Waals surface area contributed by atoms with Crippen LogP contribution in [0.3, 0.4) is 0 Å². The molecule has 3 rings (SSSR count). The Kier molecular flexibility index (Phi) is 4.63. The number of terminal acetylenes is 1. The quantitative estimate of drug-likeness (QED) is 0.527. The van der Waals surface area contributed by atoms with Gasteiger partial charge in [-0.25, -0.2) is 0 Å². The van der Waals surface area contributed by atoms with Crippen molar-refractivity contribution in [3.05, 3.63) is 52.3 Å². The fourth-order valence-corrected chi connectivity index (χ4v) is 2.75. The number of hydrogen-bond acceptors (Lipinski definition) is 4. The zero-order chi connectivity index (χ0) is 18.0. The Balaban J connectivity index is 2.04. The summed E-state index contributed by atoms with van der Waals surface area (Å²) in [5.74, 6) is 1.81. The van der Waals surface area contributed by atoms with E-state index in [1.54, 1.807) is 24.3 Å². The molecule has 0 aliphatic heterocycles. The second kappa shape index (κ2) is 6.87. The lowest BCUT2D eigenvalue weighted by molar-refractivity contribution is 0.0994. The first kappa shape index (κ1) is 16.9. The van der Waals surface area contributed by atoms with Crippen molar-refractivity contribution in [2.45, 2.75) is 13.5 Å². The minimum Gasteiger partial charge on any atom is -0.493 e. The van der Waals surface area contributed by atoms with E-state index in [1.165, 1.54) is 10.8 Å². The number of halogens is 1. The molecule has 1 N–H and O–H groups in total. The molecule has 0 bridgehead atoms. The molecule has 0 saturated carbocycles. The first-order valence-corrected chi connectivity index (χ1v) is 8.13. The van der Waals surface area contributed by atoms with Crippen LogP contribution < -0.4 is 0 Å². The molecule has 2 heterocycles. The Morgan fingerprint density at radius 2 is 2.20 bits per heavy atom. The van der Waals surface area contributed by atoms with Crippen LogP contribution in [0.4, 0.5) is 5.69 Å². The highest BCUT2D eigenvalue weighted by atomic mass is 79.9. The van der Waals surface area contributed by atoms with E-state index in [2.05, 4.69) is 37.1 Å². The van der Waals surface area contributed by atoms with E-state index in [1.807, 2.05) is 13.0 Å². The molecule has 0 unspecified atom stereocenters. The average molecular weight is 397 g/mol. The number of azo groups is 1. The molecule has 0 saturated heterocycles. The first-order valence-electron chi connectivity index (χ1n) is 7.34. The molecule has 6 nitrogen and oxygen atoms in total. The van der Waals surface area contributed by atoms with Crippen LogP contribution >= 0.6 is 15.9 Å². The SMILES string of the molecule is C#CCn1c(O)c(N=NC(=O)c2ccc(C)nc2)c2cc(Br)ccc21. The van der Waals surface area contributed by atoms with Gasteiger partial charge in [0.05, 0.1) is 17.6 Å². The van der Waals surface area contributed by atoms with Crippen LogP contribution in [0.5, 0.6) is 5.88 Å². The summed E-state index contributed by atoms with van der Waals surface area (Å²) in [6.45, 7) is 2.00. The molecule has 0 spiro atoms. The highest BCUT2D eigenvalue weighted by Gasteiger charge is 2.17. The van der Waals surface area contributed by atoms with Gasteiger partial charge in [-0.2, -0.15) is 0 Å². The third-order valence-corrected chi connectivity index (χ3v) is 4.11. The van der Waals surface area contributed by atoms with Gasteiger partial charge in [0.1, 0.15) is 0 Å². The van der Waals surface area contributed by atoms with Crippen molar-refractivity contribution in [3.8, 4) is 18.2 Å². The van der Waals surface area contributed by atoms with E-state index in [9.17, 15) is 9.90 Å². The monoisotopic (exact) mass is 396 g/mol. The van der Waals surface area contributed by atoms with Gasteiger partial charge in [-0.05, 0) is 37.3 Å². The predicted molar refractivity (Wildman–Crippen MR) is 98.0 cm³/mol. The summed E-state index contributed by atoms with van der Waals surface area (Å²) in [5, 5.41) is 18.7. The zero-order valence-electron chi connectivity index (χ0n) is 13.3. The Hall–Kier alpha value is -2.98. The second-order valence-electron chi connectivity index (χ2n) is 5.32.